The van der Waals surface area contributed by atoms with Crippen LogP contribution in [0.4, 0.5) is 11.8 Å². The molecule has 5 rings (SSSR count). The minimum Gasteiger partial charge on any atom is -0.357 e. The Hall–Kier alpha value is -2.59. The molecule has 1 fully saturated rings. The molecule has 3 aliphatic rings. The second kappa shape index (κ2) is 8.40. The van der Waals surface area contributed by atoms with E-state index in [1.54, 1.807) is 19.4 Å². The Labute approximate surface area is 193 Å². The van der Waals surface area contributed by atoms with Crippen molar-refractivity contribution in [3.05, 3.63) is 35.0 Å². The van der Waals surface area contributed by atoms with Gasteiger partial charge in [-0.15, -0.1) is 0 Å². The number of carbonyl (C=O) groups is 1. The van der Waals surface area contributed by atoms with E-state index in [2.05, 4.69) is 31.6 Å². The maximum atomic E-state index is 12.7. The largest absolute Gasteiger partial charge is 0.357 e. The van der Waals surface area contributed by atoms with Crippen LogP contribution in [0.5, 0.6) is 0 Å². The van der Waals surface area contributed by atoms with Gasteiger partial charge in [0.2, 0.25) is 11.9 Å². The van der Waals surface area contributed by atoms with Crippen molar-refractivity contribution in [3.63, 3.8) is 0 Å². The van der Waals surface area contributed by atoms with Gasteiger partial charge >= 0.3 is 0 Å². The van der Waals surface area contributed by atoms with Crippen molar-refractivity contribution < 1.29 is 9.00 Å². The van der Waals surface area contributed by atoms with Crippen LogP contribution in [0.25, 0.3) is 5.57 Å². The molecule has 0 bridgehead atoms. The minimum atomic E-state index is -1.16. The Morgan fingerprint density at radius 2 is 2.00 bits per heavy atom. The molecule has 0 aromatic carbocycles. The summed E-state index contributed by atoms with van der Waals surface area (Å²) in [6.45, 7) is 1.32. The molecule has 1 saturated carbocycles. The van der Waals surface area contributed by atoms with Crippen molar-refractivity contribution in [1.29, 1.82) is 0 Å². The summed E-state index contributed by atoms with van der Waals surface area (Å²) in [7, 11) is 0.479. The number of hydrogen-bond acceptors (Lipinski definition) is 8. The molecule has 168 valence electrons. The molecule has 32 heavy (non-hydrogen) atoms. The number of fused-ring (bicyclic) bond motifs is 1. The van der Waals surface area contributed by atoms with Crippen LogP contribution >= 0.6 is 11.6 Å². The molecule has 2 aliphatic heterocycles. The molecule has 11 heteroatoms. The number of aromatic nitrogens is 4. The van der Waals surface area contributed by atoms with Gasteiger partial charge in [0, 0.05) is 44.7 Å². The summed E-state index contributed by atoms with van der Waals surface area (Å²) < 4.78 is 12.7. The maximum absolute atomic E-state index is 12.7. The van der Waals surface area contributed by atoms with Gasteiger partial charge in [-0.05, 0) is 31.3 Å². The number of aryl methyl sites for hydroxylation is 1. The fourth-order valence-corrected chi connectivity index (χ4v) is 5.75. The van der Waals surface area contributed by atoms with E-state index in [1.165, 1.54) is 0 Å². The smallest absolute Gasteiger partial charge is 0.245 e. The lowest BCUT2D eigenvalue weighted by atomic mass is 9.76. The first-order valence-electron chi connectivity index (χ1n) is 10.7. The third-order valence-corrected chi connectivity index (χ3v) is 7.96. The summed E-state index contributed by atoms with van der Waals surface area (Å²) in [6.07, 6.45) is 9.09. The number of likely N-dealkylation sites (N-methyl/N-ethyl adjacent to an activating group) is 1. The van der Waals surface area contributed by atoms with Gasteiger partial charge in [-0.2, -0.15) is 4.98 Å². The van der Waals surface area contributed by atoms with Crippen LogP contribution in [0.15, 0.2) is 23.4 Å². The highest BCUT2D eigenvalue weighted by Crippen LogP contribution is 2.39. The molecule has 1 atom stereocenters. The number of hydrogen-bond donors (Lipinski definition) is 2. The summed E-state index contributed by atoms with van der Waals surface area (Å²) in [4.78, 5) is 33.4. The third kappa shape index (κ3) is 3.75. The lowest BCUT2D eigenvalue weighted by molar-refractivity contribution is -0.127. The Morgan fingerprint density at radius 3 is 2.62 bits per heavy atom. The summed E-state index contributed by atoms with van der Waals surface area (Å²) in [6, 6.07) is 0. The Kier molecular flexibility index (Phi) is 5.58. The highest BCUT2D eigenvalue weighted by atomic mass is 35.5. The van der Waals surface area contributed by atoms with Gasteiger partial charge in [0.1, 0.15) is 16.3 Å². The van der Waals surface area contributed by atoms with Gasteiger partial charge in [0.15, 0.2) is 5.82 Å². The molecule has 9 nitrogen and oxygen atoms in total. The van der Waals surface area contributed by atoms with Gasteiger partial charge in [-0.1, -0.05) is 17.7 Å². The zero-order chi connectivity index (χ0) is 22.3. The van der Waals surface area contributed by atoms with Gasteiger partial charge in [0.05, 0.1) is 21.5 Å². The van der Waals surface area contributed by atoms with Crippen LogP contribution < -0.4 is 15.5 Å². The molecular formula is C21H24ClN7O2S. The van der Waals surface area contributed by atoms with Gasteiger partial charge in [-0.3, -0.25) is 9.00 Å². The molecule has 1 amide bonds. The molecule has 2 N–H and O–H groups in total. The predicted octanol–water partition coefficient (Wildman–Crippen LogP) is 1.96. The van der Waals surface area contributed by atoms with Crippen LogP contribution in [-0.2, 0) is 22.0 Å². The van der Waals surface area contributed by atoms with Crippen molar-refractivity contribution in [1.82, 2.24) is 25.3 Å². The standard InChI is InChI=1S/C21H24ClN7O2S/c1-23-19(30)21(6-2-7-21)28-18-16-15(5-10-32(16)31)26-20(27-18)29-8-3-13(4-9-29)17-24-11-14(22)12-25-17/h3,11-12H,2,4-10H2,1H3,(H,23,30)(H,26,27,28). The van der Waals surface area contributed by atoms with E-state index < -0.39 is 16.3 Å². The molecule has 0 radical (unpaired) electrons. The second-order valence-corrected chi connectivity index (χ2v) is 10.2. The molecule has 2 aromatic heterocycles. The van der Waals surface area contributed by atoms with E-state index in [-0.39, 0.29) is 5.91 Å². The van der Waals surface area contributed by atoms with E-state index in [9.17, 15) is 9.00 Å². The average molecular weight is 474 g/mol. The fourth-order valence-electron chi connectivity index (χ4n) is 4.35. The molecule has 0 saturated heterocycles. The molecule has 2 aromatic rings. The second-order valence-electron chi connectivity index (χ2n) is 8.24. The van der Waals surface area contributed by atoms with Gasteiger partial charge in [0.25, 0.3) is 0 Å². The number of carbonyl (C=O) groups excluding carboxylic acids is 1. The van der Waals surface area contributed by atoms with Crippen molar-refractivity contribution in [2.75, 3.05) is 36.1 Å². The Balaban J connectivity index is 1.43. The maximum Gasteiger partial charge on any atom is 0.245 e. The molecule has 1 unspecified atom stereocenters. The first-order valence-corrected chi connectivity index (χ1v) is 12.4. The van der Waals surface area contributed by atoms with E-state index >= 15 is 0 Å². The number of anilines is 2. The number of halogens is 1. The van der Waals surface area contributed by atoms with Crippen molar-refractivity contribution in [2.24, 2.45) is 0 Å². The summed E-state index contributed by atoms with van der Waals surface area (Å²) in [5.41, 5.74) is 1.17. The third-order valence-electron chi connectivity index (χ3n) is 6.30. The van der Waals surface area contributed by atoms with E-state index in [1.807, 2.05) is 0 Å². The number of rotatable bonds is 5. The van der Waals surface area contributed by atoms with Crippen LogP contribution in [0.1, 0.15) is 37.2 Å². The van der Waals surface area contributed by atoms with E-state index in [0.717, 1.165) is 37.0 Å². The van der Waals surface area contributed by atoms with E-state index in [0.29, 0.717) is 52.8 Å². The Morgan fingerprint density at radius 1 is 1.22 bits per heavy atom. The van der Waals surface area contributed by atoms with Crippen LogP contribution in [0, 0.1) is 0 Å². The van der Waals surface area contributed by atoms with Gasteiger partial charge in [-0.25, -0.2) is 15.0 Å². The van der Waals surface area contributed by atoms with E-state index in [4.69, 9.17) is 21.6 Å². The van der Waals surface area contributed by atoms with Crippen LogP contribution in [0.2, 0.25) is 5.02 Å². The van der Waals surface area contributed by atoms with Gasteiger partial charge < -0.3 is 15.5 Å². The normalized spacial score (nSPS) is 21.4. The topological polar surface area (TPSA) is 113 Å². The lowest BCUT2D eigenvalue weighted by Gasteiger charge is -2.41. The van der Waals surface area contributed by atoms with Crippen LogP contribution in [-0.4, -0.2) is 61.5 Å². The van der Waals surface area contributed by atoms with Crippen molar-refractivity contribution in [3.8, 4) is 0 Å². The highest BCUT2D eigenvalue weighted by molar-refractivity contribution is 7.85. The summed E-state index contributed by atoms with van der Waals surface area (Å²) in [5, 5.41) is 6.62. The first-order chi connectivity index (χ1) is 15.5. The zero-order valence-electron chi connectivity index (χ0n) is 17.7. The molecular weight excluding hydrogens is 450 g/mol. The monoisotopic (exact) mass is 473 g/mol. The first kappa shape index (κ1) is 21.3. The quantitative estimate of drug-likeness (QED) is 0.677. The molecule has 0 spiro atoms. The van der Waals surface area contributed by atoms with Crippen LogP contribution in [0.3, 0.4) is 0 Å². The van der Waals surface area contributed by atoms with Crippen molar-refractivity contribution in [2.45, 2.75) is 42.5 Å². The fraction of sp³-hybridized carbons (Fsp3) is 0.476. The SMILES string of the molecule is CNC(=O)C1(Nc2nc(N3CC=C(c4ncc(Cl)cn4)CC3)nc3c2S(=O)CC3)CCC1. The molecule has 4 heterocycles. The number of nitrogens with zero attached hydrogens (tertiary/aromatic N) is 5. The summed E-state index contributed by atoms with van der Waals surface area (Å²) in [5.74, 6) is 2.27. The lowest BCUT2D eigenvalue weighted by Crippen LogP contribution is -2.56. The predicted molar refractivity (Wildman–Crippen MR) is 123 cm³/mol. The number of amides is 1. The summed E-state index contributed by atoms with van der Waals surface area (Å²) >= 11 is 5.89. The Bertz CT molecular complexity index is 1120. The average Bonchev–Trinajstić information content (AvgIpc) is 3.17. The van der Waals surface area contributed by atoms with Crippen molar-refractivity contribution >= 4 is 45.6 Å². The highest BCUT2D eigenvalue weighted by Gasteiger charge is 2.45. The minimum absolute atomic E-state index is 0.0602. The zero-order valence-corrected chi connectivity index (χ0v) is 19.3. The number of nitrogens with one attached hydrogen (secondary N) is 2. The molecule has 1 aliphatic carbocycles.